The molecule has 5 heteroatoms. The van der Waals surface area contributed by atoms with Crippen LogP contribution < -0.4 is 11.1 Å². The summed E-state index contributed by atoms with van der Waals surface area (Å²) in [4.78, 5) is 18.2. The zero-order valence-corrected chi connectivity index (χ0v) is 13.6. The van der Waals surface area contributed by atoms with Crippen molar-refractivity contribution in [3.8, 4) is 0 Å². The van der Waals surface area contributed by atoms with Crippen LogP contribution in [0.15, 0.2) is 24.5 Å². The van der Waals surface area contributed by atoms with E-state index in [0.29, 0.717) is 13.0 Å². The highest BCUT2D eigenvalue weighted by Crippen LogP contribution is 2.06. The van der Waals surface area contributed by atoms with E-state index in [1.807, 2.05) is 40.0 Å². The minimum atomic E-state index is -0.203. The van der Waals surface area contributed by atoms with Gasteiger partial charge in [-0.2, -0.15) is 0 Å². The molecule has 0 fully saturated rings. The summed E-state index contributed by atoms with van der Waals surface area (Å²) >= 11 is 0. The summed E-state index contributed by atoms with van der Waals surface area (Å²) in [5, 5.41) is 2.98. The molecular formula is C16H28N4O. The lowest BCUT2D eigenvalue weighted by atomic mass is 10.1. The number of rotatable bonds is 7. The fourth-order valence-corrected chi connectivity index (χ4v) is 2.14. The number of aromatic nitrogens is 1. The Balaban J connectivity index is 2.45. The summed E-state index contributed by atoms with van der Waals surface area (Å²) in [6.45, 7) is 7.29. The fraction of sp³-hybridized carbons (Fsp3) is 0.625. The number of amides is 1. The summed E-state index contributed by atoms with van der Waals surface area (Å²) in [5.74, 6) is 0.0497. The number of likely N-dealkylation sites (N-methyl/N-ethyl adjacent to an activating group) is 1. The van der Waals surface area contributed by atoms with E-state index in [1.165, 1.54) is 5.56 Å². The van der Waals surface area contributed by atoms with Crippen LogP contribution in [0.5, 0.6) is 0 Å². The second-order valence-corrected chi connectivity index (χ2v) is 6.48. The predicted molar refractivity (Wildman–Crippen MR) is 85.9 cm³/mol. The largest absolute Gasteiger partial charge is 0.351 e. The van der Waals surface area contributed by atoms with Gasteiger partial charge in [0.25, 0.3) is 0 Å². The maximum absolute atomic E-state index is 12.0. The second-order valence-electron chi connectivity index (χ2n) is 6.48. The average molecular weight is 292 g/mol. The molecule has 0 aliphatic carbocycles. The molecular weight excluding hydrogens is 264 g/mol. The minimum Gasteiger partial charge on any atom is -0.351 e. The van der Waals surface area contributed by atoms with Crippen LogP contribution in [0.3, 0.4) is 0 Å². The van der Waals surface area contributed by atoms with Crippen molar-refractivity contribution in [3.63, 3.8) is 0 Å². The van der Waals surface area contributed by atoms with Crippen molar-refractivity contribution < 1.29 is 4.79 Å². The Kier molecular flexibility index (Phi) is 6.78. The van der Waals surface area contributed by atoms with E-state index in [2.05, 4.69) is 15.2 Å². The first kappa shape index (κ1) is 17.6. The molecule has 0 aliphatic heterocycles. The topological polar surface area (TPSA) is 71.2 Å². The van der Waals surface area contributed by atoms with Gasteiger partial charge in [0.1, 0.15) is 0 Å². The van der Waals surface area contributed by atoms with Crippen molar-refractivity contribution >= 4 is 5.91 Å². The number of carbonyl (C=O) groups is 1. The third kappa shape index (κ3) is 7.20. The Morgan fingerprint density at radius 2 is 2.00 bits per heavy atom. The summed E-state index contributed by atoms with van der Waals surface area (Å²) in [6.07, 6.45) is 4.95. The van der Waals surface area contributed by atoms with Crippen molar-refractivity contribution in [1.29, 1.82) is 0 Å². The van der Waals surface area contributed by atoms with Crippen LogP contribution in [0.25, 0.3) is 0 Å². The van der Waals surface area contributed by atoms with Gasteiger partial charge >= 0.3 is 0 Å². The van der Waals surface area contributed by atoms with Gasteiger partial charge in [-0.3, -0.25) is 9.78 Å². The number of nitrogens with zero attached hydrogens (tertiary/aromatic N) is 2. The van der Waals surface area contributed by atoms with Gasteiger partial charge in [-0.25, -0.2) is 0 Å². The Labute approximate surface area is 127 Å². The molecule has 1 rings (SSSR count). The number of carbonyl (C=O) groups excluding carboxylic acids is 1. The molecule has 118 valence electrons. The van der Waals surface area contributed by atoms with Gasteiger partial charge in [0.2, 0.25) is 5.91 Å². The number of nitrogens with two attached hydrogens (primary N) is 1. The lowest BCUT2D eigenvalue weighted by Crippen LogP contribution is -2.46. The fourth-order valence-electron chi connectivity index (χ4n) is 2.14. The van der Waals surface area contributed by atoms with E-state index in [1.54, 1.807) is 12.4 Å². The number of hydrogen-bond donors (Lipinski definition) is 2. The molecule has 0 bridgehead atoms. The highest BCUT2D eigenvalue weighted by Gasteiger charge is 2.20. The first-order chi connectivity index (χ1) is 9.81. The molecule has 0 saturated heterocycles. The molecule has 0 aliphatic rings. The molecule has 21 heavy (non-hydrogen) atoms. The Morgan fingerprint density at radius 3 is 2.52 bits per heavy atom. The zero-order valence-electron chi connectivity index (χ0n) is 13.6. The molecule has 1 aromatic rings. The normalized spacial score (nSPS) is 13.2. The average Bonchev–Trinajstić information content (AvgIpc) is 2.41. The maximum Gasteiger partial charge on any atom is 0.222 e. The van der Waals surface area contributed by atoms with Gasteiger partial charge < -0.3 is 16.0 Å². The van der Waals surface area contributed by atoms with Crippen LogP contribution in [0.1, 0.15) is 32.8 Å². The van der Waals surface area contributed by atoms with Gasteiger partial charge in [-0.1, -0.05) is 0 Å². The molecule has 0 aromatic carbocycles. The number of nitrogens with one attached hydrogen (secondary N) is 1. The van der Waals surface area contributed by atoms with Gasteiger partial charge in [0.15, 0.2) is 0 Å². The second kappa shape index (κ2) is 8.10. The van der Waals surface area contributed by atoms with E-state index >= 15 is 0 Å². The molecule has 0 saturated carbocycles. The molecule has 5 nitrogen and oxygen atoms in total. The zero-order chi connectivity index (χ0) is 15.9. The van der Waals surface area contributed by atoms with E-state index in [0.717, 1.165) is 13.0 Å². The Hall–Kier alpha value is -1.46. The third-order valence-electron chi connectivity index (χ3n) is 3.33. The van der Waals surface area contributed by atoms with Crippen molar-refractivity contribution in [1.82, 2.24) is 15.2 Å². The van der Waals surface area contributed by atoms with E-state index in [9.17, 15) is 4.79 Å². The highest BCUT2D eigenvalue weighted by atomic mass is 16.1. The predicted octanol–water partition coefficient (Wildman–Crippen LogP) is 1.19. The molecule has 1 amide bonds. The summed E-state index contributed by atoms with van der Waals surface area (Å²) < 4.78 is 0. The van der Waals surface area contributed by atoms with Gasteiger partial charge in [-0.05, 0) is 51.9 Å². The van der Waals surface area contributed by atoms with Gasteiger partial charge in [0.05, 0.1) is 0 Å². The number of pyridine rings is 1. The molecule has 1 aromatic heterocycles. The van der Waals surface area contributed by atoms with Crippen molar-refractivity contribution in [2.75, 3.05) is 20.1 Å². The van der Waals surface area contributed by atoms with Crippen LogP contribution in [0.4, 0.5) is 0 Å². The Morgan fingerprint density at radius 1 is 1.38 bits per heavy atom. The van der Waals surface area contributed by atoms with E-state index in [-0.39, 0.29) is 17.5 Å². The van der Waals surface area contributed by atoms with Crippen LogP contribution in [-0.4, -0.2) is 47.5 Å². The maximum atomic E-state index is 12.0. The van der Waals surface area contributed by atoms with Gasteiger partial charge in [-0.15, -0.1) is 0 Å². The lowest BCUT2D eigenvalue weighted by Gasteiger charge is -2.28. The minimum absolute atomic E-state index is 0.0497. The Bertz CT molecular complexity index is 428. The number of hydrogen-bond acceptors (Lipinski definition) is 4. The summed E-state index contributed by atoms with van der Waals surface area (Å²) in [6, 6.07) is 4.09. The van der Waals surface area contributed by atoms with Crippen LogP contribution >= 0.6 is 0 Å². The third-order valence-corrected chi connectivity index (χ3v) is 3.33. The smallest absolute Gasteiger partial charge is 0.222 e. The summed E-state index contributed by atoms with van der Waals surface area (Å²) in [5.41, 5.74) is 6.86. The lowest BCUT2D eigenvalue weighted by molar-refractivity contribution is -0.123. The molecule has 0 spiro atoms. The standard InChI is InChI=1S/C16H28N4O/c1-16(2,3)19-15(21)11-14(12-17)20(4)10-7-13-5-8-18-9-6-13/h5-6,8-9,14H,7,10-12,17H2,1-4H3,(H,19,21). The monoisotopic (exact) mass is 292 g/mol. The van der Waals surface area contributed by atoms with Crippen molar-refractivity contribution in [2.45, 2.75) is 45.2 Å². The van der Waals surface area contributed by atoms with Crippen LogP contribution in [0.2, 0.25) is 0 Å². The van der Waals surface area contributed by atoms with E-state index < -0.39 is 0 Å². The molecule has 1 heterocycles. The SMILES string of the molecule is CN(CCc1ccncc1)C(CN)CC(=O)NC(C)(C)C. The van der Waals surface area contributed by atoms with Crippen LogP contribution in [0, 0.1) is 0 Å². The first-order valence-electron chi connectivity index (χ1n) is 7.42. The van der Waals surface area contributed by atoms with Gasteiger partial charge in [0, 0.05) is 43.5 Å². The summed E-state index contributed by atoms with van der Waals surface area (Å²) in [7, 11) is 2.02. The molecule has 1 atom stereocenters. The van der Waals surface area contributed by atoms with Crippen LogP contribution in [-0.2, 0) is 11.2 Å². The highest BCUT2D eigenvalue weighted by molar-refractivity contribution is 5.77. The van der Waals surface area contributed by atoms with E-state index in [4.69, 9.17) is 5.73 Å². The quantitative estimate of drug-likeness (QED) is 0.792. The molecule has 1 unspecified atom stereocenters. The van der Waals surface area contributed by atoms with Crippen molar-refractivity contribution in [3.05, 3.63) is 30.1 Å². The van der Waals surface area contributed by atoms with Crippen molar-refractivity contribution in [2.24, 2.45) is 5.73 Å². The molecule has 3 N–H and O–H groups in total. The first-order valence-corrected chi connectivity index (χ1v) is 7.42. The molecule has 0 radical (unpaired) electrons.